The van der Waals surface area contributed by atoms with Crippen LogP contribution in [0.25, 0.3) is 0 Å². The highest BCUT2D eigenvalue weighted by molar-refractivity contribution is 7.90. The van der Waals surface area contributed by atoms with Crippen LogP contribution in [0, 0.1) is 5.92 Å². The number of likely N-dealkylation sites (tertiary alicyclic amines) is 1. The maximum atomic E-state index is 14.1. The molecule has 0 radical (unpaired) electrons. The van der Waals surface area contributed by atoms with Crippen molar-refractivity contribution >= 4 is 33.2 Å². The Morgan fingerprint density at radius 2 is 1.57 bits per heavy atom. The molecule has 1 N–H and O–H groups in total. The van der Waals surface area contributed by atoms with Crippen LogP contribution in [0.4, 0.5) is 29.3 Å². The molecule has 2 amide bonds. The monoisotopic (exact) mass is 640 g/mol. The molecule has 1 saturated heterocycles. The number of hydrogen-bond acceptors (Lipinski definition) is 6. The first-order valence-electron chi connectivity index (χ1n) is 14.8. The number of alkyl halides is 3. The van der Waals surface area contributed by atoms with Crippen LogP contribution in [0.15, 0.2) is 47.4 Å². The van der Waals surface area contributed by atoms with Crippen LogP contribution in [-0.2, 0) is 32.0 Å². The molecular weight excluding hydrogens is 597 g/mol. The van der Waals surface area contributed by atoms with E-state index in [0.29, 0.717) is 25.2 Å². The third-order valence-electron chi connectivity index (χ3n) is 7.89. The number of anilines is 2. The largest absolute Gasteiger partial charge is 0.443 e. The zero-order valence-electron chi connectivity index (χ0n) is 26.2. The Morgan fingerprint density at radius 3 is 2.05 bits per heavy atom. The number of hydrogen-bond donors (Lipinski definition) is 1. The van der Waals surface area contributed by atoms with Crippen molar-refractivity contribution in [2.24, 2.45) is 5.92 Å². The van der Waals surface area contributed by atoms with Crippen molar-refractivity contribution < 1.29 is 41.0 Å². The summed E-state index contributed by atoms with van der Waals surface area (Å²) in [7, 11) is -3.57. The number of carbonyl (C=O) groups is 2. The van der Waals surface area contributed by atoms with Crippen molar-refractivity contribution in [2.45, 2.75) is 95.4 Å². The summed E-state index contributed by atoms with van der Waals surface area (Å²) < 4.78 is 71.7. The Bertz CT molecular complexity index is 1420. The minimum atomic E-state index is -4.79. The van der Waals surface area contributed by atoms with Gasteiger partial charge in [0.1, 0.15) is 5.60 Å². The SMILES string of the molecule is CCC(CC)CC1(O)CCN(C(=O)Cc2cc(N(C(=O)OC(C)(C)C)c3ccc(S(C)(=O)=O)cc3)cc(C(F)(F)F)c2)CC1. The number of halogens is 3. The highest BCUT2D eigenvalue weighted by atomic mass is 32.2. The van der Waals surface area contributed by atoms with Gasteiger partial charge in [-0.15, -0.1) is 0 Å². The van der Waals surface area contributed by atoms with Crippen LogP contribution in [0.2, 0.25) is 0 Å². The number of amides is 2. The van der Waals surface area contributed by atoms with Crippen LogP contribution < -0.4 is 4.90 Å². The molecule has 2 aromatic carbocycles. The third kappa shape index (κ3) is 9.44. The molecule has 1 aliphatic rings. The summed E-state index contributed by atoms with van der Waals surface area (Å²) >= 11 is 0. The van der Waals surface area contributed by atoms with Crippen molar-refractivity contribution in [1.82, 2.24) is 4.90 Å². The van der Waals surface area contributed by atoms with Crippen LogP contribution in [0.3, 0.4) is 0 Å². The van der Waals surface area contributed by atoms with Crippen molar-refractivity contribution in [1.29, 1.82) is 0 Å². The molecule has 0 aliphatic carbocycles. The van der Waals surface area contributed by atoms with E-state index in [9.17, 15) is 36.3 Å². The Balaban J connectivity index is 1.96. The Kier molecular flexibility index (Phi) is 10.8. The van der Waals surface area contributed by atoms with Gasteiger partial charge in [0, 0.05) is 19.3 Å². The maximum Gasteiger partial charge on any atom is 0.419 e. The number of rotatable bonds is 9. The zero-order chi connectivity index (χ0) is 33.1. The number of ether oxygens (including phenoxy) is 1. The van der Waals surface area contributed by atoms with Gasteiger partial charge in [-0.05, 0) is 94.0 Å². The Morgan fingerprint density at radius 1 is 1.00 bits per heavy atom. The molecule has 1 heterocycles. The molecule has 0 bridgehead atoms. The third-order valence-corrected chi connectivity index (χ3v) is 9.02. The molecule has 244 valence electrons. The topological polar surface area (TPSA) is 104 Å². The van der Waals surface area contributed by atoms with Crippen LogP contribution in [-0.4, -0.2) is 61.0 Å². The Hall–Kier alpha value is -3.12. The van der Waals surface area contributed by atoms with Gasteiger partial charge in [-0.25, -0.2) is 18.1 Å². The van der Waals surface area contributed by atoms with E-state index in [0.717, 1.165) is 36.1 Å². The van der Waals surface area contributed by atoms with E-state index < -0.39 is 38.9 Å². The number of piperidine rings is 1. The molecule has 12 heteroatoms. The Labute approximate surface area is 258 Å². The molecule has 0 aromatic heterocycles. The number of aliphatic hydroxyl groups is 1. The van der Waals surface area contributed by atoms with Crippen molar-refractivity contribution in [2.75, 3.05) is 24.2 Å². The fraction of sp³-hybridized carbons (Fsp3) is 0.562. The number of nitrogens with zero attached hydrogens (tertiary/aromatic N) is 2. The lowest BCUT2D eigenvalue weighted by atomic mass is 9.81. The molecular formula is C32H43F3N2O6S. The number of benzene rings is 2. The summed E-state index contributed by atoms with van der Waals surface area (Å²) in [5.74, 6) is -0.0116. The normalized spacial score (nSPS) is 15.8. The first kappa shape index (κ1) is 35.4. The van der Waals surface area contributed by atoms with Gasteiger partial charge in [0.2, 0.25) is 5.91 Å². The summed E-state index contributed by atoms with van der Waals surface area (Å²) in [5.41, 5.74) is -3.00. The first-order chi connectivity index (χ1) is 20.2. The van der Waals surface area contributed by atoms with Crippen molar-refractivity contribution in [3.8, 4) is 0 Å². The summed E-state index contributed by atoms with van der Waals surface area (Å²) in [5, 5.41) is 11.1. The second kappa shape index (κ2) is 13.5. The molecule has 3 rings (SSSR count). The highest BCUT2D eigenvalue weighted by Gasteiger charge is 2.37. The molecule has 44 heavy (non-hydrogen) atoms. The standard InChI is InChI=1S/C32H43F3N2O6S/c1-7-22(8-2)21-31(40)13-15-36(16-14-31)28(38)19-23-17-24(32(33,34)35)20-26(18-23)37(29(39)43-30(3,4)5)25-9-11-27(12-10-25)44(6,41)42/h9-12,17-18,20,22,40H,7-8,13-16,19,21H2,1-6H3. The second-order valence-electron chi connectivity index (χ2n) is 12.6. The average Bonchev–Trinajstić information content (AvgIpc) is 2.90. The van der Waals surface area contributed by atoms with E-state index >= 15 is 0 Å². The maximum absolute atomic E-state index is 14.1. The predicted octanol–water partition coefficient (Wildman–Crippen LogP) is 6.90. The van der Waals surface area contributed by atoms with Gasteiger partial charge in [-0.2, -0.15) is 13.2 Å². The van der Waals surface area contributed by atoms with E-state index in [1.807, 2.05) is 0 Å². The molecule has 0 atom stereocenters. The summed E-state index contributed by atoms with van der Waals surface area (Å²) in [6, 6.07) is 8.12. The lowest BCUT2D eigenvalue weighted by Crippen LogP contribution is -2.47. The van der Waals surface area contributed by atoms with Gasteiger partial charge < -0.3 is 14.7 Å². The van der Waals surface area contributed by atoms with Crippen LogP contribution in [0.5, 0.6) is 0 Å². The quantitative estimate of drug-likeness (QED) is 0.320. The van der Waals surface area contributed by atoms with Crippen LogP contribution in [0.1, 0.15) is 77.8 Å². The zero-order valence-corrected chi connectivity index (χ0v) is 27.0. The van der Waals surface area contributed by atoms with Gasteiger partial charge in [0.05, 0.1) is 33.9 Å². The van der Waals surface area contributed by atoms with Gasteiger partial charge in [0.25, 0.3) is 0 Å². The number of sulfone groups is 1. The fourth-order valence-corrected chi connectivity index (χ4v) is 5.99. The second-order valence-corrected chi connectivity index (χ2v) is 14.7. The minimum Gasteiger partial charge on any atom is -0.443 e. The summed E-state index contributed by atoms with van der Waals surface area (Å²) in [6.07, 6.45) is -1.79. The fourth-order valence-electron chi connectivity index (χ4n) is 5.36. The molecule has 0 unspecified atom stereocenters. The van der Waals surface area contributed by atoms with Crippen molar-refractivity contribution in [3.63, 3.8) is 0 Å². The molecule has 8 nitrogen and oxygen atoms in total. The van der Waals surface area contributed by atoms with Gasteiger partial charge in [-0.1, -0.05) is 26.7 Å². The van der Waals surface area contributed by atoms with Gasteiger partial charge in [-0.3, -0.25) is 4.79 Å². The van der Waals surface area contributed by atoms with Gasteiger partial charge >= 0.3 is 12.3 Å². The van der Waals surface area contributed by atoms with Crippen molar-refractivity contribution in [3.05, 3.63) is 53.6 Å². The lowest BCUT2D eigenvalue weighted by molar-refractivity contribution is -0.138. The molecule has 1 aliphatic heterocycles. The lowest BCUT2D eigenvalue weighted by Gasteiger charge is -2.40. The average molecular weight is 641 g/mol. The number of carbonyl (C=O) groups excluding carboxylic acids is 2. The predicted molar refractivity (Wildman–Crippen MR) is 163 cm³/mol. The van der Waals surface area contributed by atoms with E-state index in [1.54, 1.807) is 25.7 Å². The highest BCUT2D eigenvalue weighted by Crippen LogP contribution is 2.37. The molecule has 0 saturated carbocycles. The minimum absolute atomic E-state index is 0.0333. The summed E-state index contributed by atoms with van der Waals surface area (Å²) in [4.78, 5) is 29.1. The molecule has 0 spiro atoms. The van der Waals surface area contributed by atoms with E-state index in [2.05, 4.69) is 13.8 Å². The van der Waals surface area contributed by atoms with E-state index in [4.69, 9.17) is 4.74 Å². The first-order valence-corrected chi connectivity index (χ1v) is 16.7. The summed E-state index contributed by atoms with van der Waals surface area (Å²) in [6.45, 7) is 9.56. The molecule has 1 fully saturated rings. The van der Waals surface area contributed by atoms with Gasteiger partial charge in [0.15, 0.2) is 9.84 Å². The smallest absolute Gasteiger partial charge is 0.419 e. The molecule has 2 aromatic rings. The van der Waals surface area contributed by atoms with Crippen LogP contribution >= 0.6 is 0 Å². The van der Waals surface area contributed by atoms with E-state index in [-0.39, 0.29) is 47.3 Å². The van der Waals surface area contributed by atoms with E-state index in [1.165, 1.54) is 30.3 Å².